The Morgan fingerprint density at radius 3 is 2.38 bits per heavy atom. The Balaban J connectivity index is 1.35. The number of nitrogens with zero attached hydrogens (tertiary/aromatic N) is 1. The van der Waals surface area contributed by atoms with E-state index in [2.05, 4.69) is 0 Å². The maximum absolute atomic E-state index is 12.3. The average molecular weight is 412 g/mol. The van der Waals surface area contributed by atoms with Crippen LogP contribution in [0.3, 0.4) is 0 Å². The molecule has 0 radical (unpaired) electrons. The molecule has 0 fully saturated rings. The van der Waals surface area contributed by atoms with Crippen molar-refractivity contribution in [2.75, 3.05) is 13.2 Å². The molecule has 0 saturated carbocycles. The van der Waals surface area contributed by atoms with Gasteiger partial charge in [-0.1, -0.05) is 23.7 Å². The molecule has 7 heteroatoms. The molecule has 148 valence electrons. The van der Waals surface area contributed by atoms with Crippen LogP contribution in [0.5, 0.6) is 5.75 Å². The van der Waals surface area contributed by atoms with Crippen LogP contribution in [0.15, 0.2) is 51.7 Å². The van der Waals surface area contributed by atoms with Crippen LogP contribution in [0.1, 0.15) is 39.1 Å². The van der Waals surface area contributed by atoms with E-state index in [1.165, 1.54) is 11.0 Å². The SMILES string of the molecule is Cc1cc(=O)oc2cc(OCCCCN3C(=O)c4ccccc4C3=O)c(Cl)cc12. The monoisotopic (exact) mass is 411 g/mol. The molecule has 29 heavy (non-hydrogen) atoms. The maximum atomic E-state index is 12.3. The lowest BCUT2D eigenvalue weighted by molar-refractivity contribution is 0.0649. The minimum atomic E-state index is -0.427. The van der Waals surface area contributed by atoms with Gasteiger partial charge in [0.1, 0.15) is 11.3 Å². The van der Waals surface area contributed by atoms with Crippen molar-refractivity contribution in [1.82, 2.24) is 4.90 Å². The molecule has 2 heterocycles. The summed E-state index contributed by atoms with van der Waals surface area (Å²) in [5.41, 5.74) is 1.68. The number of aryl methyl sites for hydroxylation is 1. The van der Waals surface area contributed by atoms with Gasteiger partial charge in [-0.2, -0.15) is 0 Å². The molecule has 0 bridgehead atoms. The molecular formula is C22H18ClNO5. The molecule has 4 rings (SSSR count). The number of amides is 2. The minimum absolute atomic E-state index is 0.255. The third-order valence-corrected chi connectivity index (χ3v) is 5.21. The van der Waals surface area contributed by atoms with Crippen molar-refractivity contribution in [2.45, 2.75) is 19.8 Å². The van der Waals surface area contributed by atoms with Crippen LogP contribution in [0.2, 0.25) is 5.02 Å². The summed E-state index contributed by atoms with van der Waals surface area (Å²) < 4.78 is 10.9. The second-order valence-electron chi connectivity index (χ2n) is 6.89. The smallest absolute Gasteiger partial charge is 0.336 e. The molecule has 1 aromatic heterocycles. The number of ether oxygens (including phenoxy) is 1. The van der Waals surface area contributed by atoms with Crippen LogP contribution in [-0.4, -0.2) is 29.9 Å². The van der Waals surface area contributed by atoms with Crippen molar-refractivity contribution in [3.63, 3.8) is 0 Å². The highest BCUT2D eigenvalue weighted by molar-refractivity contribution is 6.32. The first-order valence-corrected chi connectivity index (χ1v) is 9.65. The van der Waals surface area contributed by atoms with E-state index in [1.807, 2.05) is 6.92 Å². The van der Waals surface area contributed by atoms with Crippen LogP contribution in [-0.2, 0) is 0 Å². The predicted molar refractivity (Wildman–Crippen MR) is 109 cm³/mol. The number of carbonyl (C=O) groups is 2. The zero-order valence-electron chi connectivity index (χ0n) is 15.7. The third-order valence-electron chi connectivity index (χ3n) is 4.92. The summed E-state index contributed by atoms with van der Waals surface area (Å²) in [6, 6.07) is 11.6. The van der Waals surface area contributed by atoms with Gasteiger partial charge in [-0.15, -0.1) is 0 Å². The highest BCUT2D eigenvalue weighted by atomic mass is 35.5. The van der Waals surface area contributed by atoms with E-state index in [4.69, 9.17) is 20.8 Å². The van der Waals surface area contributed by atoms with E-state index >= 15 is 0 Å². The Morgan fingerprint density at radius 2 is 1.69 bits per heavy atom. The molecule has 0 atom stereocenters. The number of rotatable bonds is 6. The molecule has 0 N–H and O–H groups in total. The van der Waals surface area contributed by atoms with E-state index in [9.17, 15) is 14.4 Å². The summed E-state index contributed by atoms with van der Waals surface area (Å²) in [6.45, 7) is 2.50. The summed E-state index contributed by atoms with van der Waals surface area (Å²) in [5.74, 6) is -0.0855. The Labute approximate surface area is 171 Å². The molecule has 6 nitrogen and oxygen atoms in total. The van der Waals surface area contributed by atoms with Gasteiger partial charge in [0.25, 0.3) is 11.8 Å². The Hall–Kier alpha value is -3.12. The van der Waals surface area contributed by atoms with Gasteiger partial charge in [0.05, 0.1) is 22.8 Å². The normalized spacial score (nSPS) is 13.2. The Kier molecular flexibility index (Phi) is 5.11. The van der Waals surface area contributed by atoms with E-state index in [0.717, 1.165) is 10.9 Å². The molecule has 0 saturated heterocycles. The lowest BCUT2D eigenvalue weighted by Gasteiger charge is -2.14. The predicted octanol–water partition coefficient (Wildman–Crippen LogP) is 4.21. The van der Waals surface area contributed by atoms with Gasteiger partial charge >= 0.3 is 5.63 Å². The number of carbonyl (C=O) groups excluding carboxylic acids is 2. The van der Waals surface area contributed by atoms with Gasteiger partial charge < -0.3 is 9.15 Å². The highest BCUT2D eigenvalue weighted by Gasteiger charge is 2.34. The van der Waals surface area contributed by atoms with E-state index in [0.29, 0.717) is 53.5 Å². The average Bonchev–Trinajstić information content (AvgIpc) is 2.93. The van der Waals surface area contributed by atoms with Crippen molar-refractivity contribution in [2.24, 2.45) is 0 Å². The number of hydrogen-bond donors (Lipinski definition) is 0. The van der Waals surface area contributed by atoms with Crippen LogP contribution >= 0.6 is 11.6 Å². The highest BCUT2D eigenvalue weighted by Crippen LogP contribution is 2.31. The number of fused-ring (bicyclic) bond motifs is 2. The molecule has 2 amide bonds. The summed E-state index contributed by atoms with van der Waals surface area (Å²) in [6.07, 6.45) is 1.23. The summed E-state index contributed by atoms with van der Waals surface area (Å²) >= 11 is 6.28. The number of imide groups is 1. The third kappa shape index (κ3) is 3.63. The minimum Gasteiger partial charge on any atom is -0.492 e. The van der Waals surface area contributed by atoms with E-state index in [-0.39, 0.29) is 11.8 Å². The summed E-state index contributed by atoms with van der Waals surface area (Å²) in [4.78, 5) is 37.5. The number of hydrogen-bond acceptors (Lipinski definition) is 5. The largest absolute Gasteiger partial charge is 0.492 e. The lowest BCUT2D eigenvalue weighted by Crippen LogP contribution is -2.30. The zero-order chi connectivity index (χ0) is 20.5. The molecule has 3 aromatic rings. The van der Waals surface area contributed by atoms with Gasteiger partial charge in [0, 0.05) is 24.1 Å². The van der Waals surface area contributed by atoms with E-state index < -0.39 is 5.63 Å². The summed E-state index contributed by atoms with van der Waals surface area (Å²) in [7, 11) is 0. The van der Waals surface area contributed by atoms with Crippen LogP contribution in [0.25, 0.3) is 11.0 Å². The molecule has 0 spiro atoms. The number of halogens is 1. The molecule has 0 unspecified atom stereocenters. The maximum Gasteiger partial charge on any atom is 0.336 e. The Bertz CT molecular complexity index is 1150. The van der Waals surface area contributed by atoms with Gasteiger partial charge in [0.2, 0.25) is 0 Å². The molecule has 1 aliphatic rings. The van der Waals surface area contributed by atoms with Gasteiger partial charge in [-0.3, -0.25) is 14.5 Å². The fourth-order valence-corrected chi connectivity index (χ4v) is 3.64. The molecule has 2 aromatic carbocycles. The summed E-state index contributed by atoms with van der Waals surface area (Å²) in [5, 5.41) is 1.18. The lowest BCUT2D eigenvalue weighted by atomic mass is 10.1. The number of unbranched alkanes of at least 4 members (excludes halogenated alkanes) is 1. The molecular weight excluding hydrogens is 394 g/mol. The van der Waals surface area contributed by atoms with Crippen molar-refractivity contribution >= 4 is 34.4 Å². The van der Waals surface area contributed by atoms with Crippen molar-refractivity contribution in [3.8, 4) is 5.75 Å². The fraction of sp³-hybridized carbons (Fsp3) is 0.227. The van der Waals surface area contributed by atoms with Crippen LogP contribution < -0.4 is 10.4 Å². The van der Waals surface area contributed by atoms with Crippen molar-refractivity contribution < 1.29 is 18.7 Å². The first-order valence-electron chi connectivity index (χ1n) is 9.28. The number of benzene rings is 2. The van der Waals surface area contributed by atoms with Crippen molar-refractivity contribution in [1.29, 1.82) is 0 Å². The zero-order valence-corrected chi connectivity index (χ0v) is 16.5. The first-order chi connectivity index (χ1) is 14.0. The molecule has 0 aliphatic carbocycles. The van der Waals surface area contributed by atoms with Crippen LogP contribution in [0, 0.1) is 6.92 Å². The van der Waals surface area contributed by atoms with Gasteiger partial charge in [-0.25, -0.2) is 4.79 Å². The van der Waals surface area contributed by atoms with E-state index in [1.54, 1.807) is 36.4 Å². The second kappa shape index (κ2) is 7.72. The standard InChI is InChI=1S/C22H18ClNO5/c1-13-10-20(25)29-18-12-19(17(23)11-16(13)18)28-9-5-4-8-24-21(26)14-6-2-3-7-15(14)22(24)27/h2-3,6-7,10-12H,4-5,8-9H2,1H3. The van der Waals surface area contributed by atoms with Crippen molar-refractivity contribution in [3.05, 3.63) is 74.6 Å². The second-order valence-corrected chi connectivity index (χ2v) is 7.30. The molecule has 1 aliphatic heterocycles. The van der Waals surface area contributed by atoms with Crippen LogP contribution in [0.4, 0.5) is 0 Å². The Morgan fingerprint density at radius 1 is 1.00 bits per heavy atom. The topological polar surface area (TPSA) is 76.8 Å². The van der Waals surface area contributed by atoms with Gasteiger partial charge in [0.15, 0.2) is 0 Å². The van der Waals surface area contributed by atoms with Gasteiger partial charge in [-0.05, 0) is 43.5 Å². The fourth-order valence-electron chi connectivity index (χ4n) is 3.43. The quantitative estimate of drug-likeness (QED) is 0.345. The first kappa shape index (κ1) is 19.2.